The molecule has 2 amide bonds. The number of likely N-dealkylation sites (tertiary alicyclic amines) is 1. The molecule has 28 heavy (non-hydrogen) atoms. The summed E-state index contributed by atoms with van der Waals surface area (Å²) in [7, 11) is 1.59. The molecular weight excluding hydrogens is 356 g/mol. The van der Waals surface area contributed by atoms with E-state index in [1.807, 2.05) is 48.5 Å². The van der Waals surface area contributed by atoms with Crippen molar-refractivity contribution in [2.45, 2.75) is 19.3 Å². The third-order valence-electron chi connectivity index (χ3n) is 4.81. The topological polar surface area (TPSA) is 67.9 Å². The molecule has 6 nitrogen and oxygen atoms in total. The van der Waals surface area contributed by atoms with E-state index in [4.69, 9.17) is 9.47 Å². The minimum atomic E-state index is -0.209. The third kappa shape index (κ3) is 5.49. The van der Waals surface area contributed by atoms with Crippen LogP contribution in [0.5, 0.6) is 11.5 Å². The first-order valence-electron chi connectivity index (χ1n) is 9.56. The van der Waals surface area contributed by atoms with Gasteiger partial charge in [-0.1, -0.05) is 24.3 Å². The maximum absolute atomic E-state index is 12.6. The van der Waals surface area contributed by atoms with Gasteiger partial charge in [0.1, 0.15) is 11.5 Å². The van der Waals surface area contributed by atoms with E-state index in [1.54, 1.807) is 18.1 Å². The third-order valence-corrected chi connectivity index (χ3v) is 4.81. The summed E-state index contributed by atoms with van der Waals surface area (Å²) >= 11 is 0. The lowest BCUT2D eigenvalue weighted by molar-refractivity contribution is -0.135. The number of nitrogens with one attached hydrogen (secondary N) is 1. The van der Waals surface area contributed by atoms with Crippen molar-refractivity contribution in [1.82, 2.24) is 4.90 Å². The molecule has 148 valence electrons. The number of hydrogen-bond acceptors (Lipinski definition) is 4. The molecular formula is C22H26N2O4. The van der Waals surface area contributed by atoms with Crippen LogP contribution in [0.15, 0.2) is 54.6 Å². The first kappa shape index (κ1) is 19.7. The summed E-state index contributed by atoms with van der Waals surface area (Å²) in [5, 5.41) is 2.93. The van der Waals surface area contributed by atoms with E-state index < -0.39 is 0 Å². The predicted molar refractivity (Wildman–Crippen MR) is 107 cm³/mol. The Morgan fingerprint density at radius 2 is 1.89 bits per heavy atom. The summed E-state index contributed by atoms with van der Waals surface area (Å²) in [6.07, 6.45) is 1.90. The van der Waals surface area contributed by atoms with E-state index in [1.165, 1.54) is 0 Å². The van der Waals surface area contributed by atoms with E-state index in [9.17, 15) is 9.59 Å². The van der Waals surface area contributed by atoms with Gasteiger partial charge in [0.25, 0.3) is 0 Å². The van der Waals surface area contributed by atoms with Crippen LogP contribution in [0.4, 0.5) is 5.69 Å². The molecule has 1 aliphatic rings. The highest BCUT2D eigenvalue weighted by Gasteiger charge is 2.28. The quantitative estimate of drug-likeness (QED) is 0.798. The van der Waals surface area contributed by atoms with Crippen molar-refractivity contribution in [2.75, 3.05) is 32.1 Å². The second-order valence-electron chi connectivity index (χ2n) is 6.81. The second-order valence-corrected chi connectivity index (χ2v) is 6.81. The molecule has 3 rings (SSSR count). The maximum Gasteiger partial charge on any atom is 0.229 e. The number of para-hydroxylation sites is 1. The molecule has 1 atom stereocenters. The molecule has 1 fully saturated rings. The van der Waals surface area contributed by atoms with Crippen molar-refractivity contribution in [1.29, 1.82) is 0 Å². The maximum atomic E-state index is 12.6. The minimum absolute atomic E-state index is 0.0230. The summed E-state index contributed by atoms with van der Waals surface area (Å²) in [5.41, 5.74) is 0.698. The van der Waals surface area contributed by atoms with Gasteiger partial charge in [0.15, 0.2) is 0 Å². The number of ether oxygens (including phenoxy) is 2. The van der Waals surface area contributed by atoms with Gasteiger partial charge in [0, 0.05) is 24.8 Å². The predicted octanol–water partition coefficient (Wildman–Crippen LogP) is 3.34. The molecule has 0 aliphatic carbocycles. The van der Waals surface area contributed by atoms with Crippen LogP contribution in [-0.2, 0) is 9.59 Å². The van der Waals surface area contributed by atoms with Crippen molar-refractivity contribution in [3.63, 3.8) is 0 Å². The number of benzene rings is 2. The van der Waals surface area contributed by atoms with Crippen LogP contribution in [0.2, 0.25) is 0 Å². The van der Waals surface area contributed by atoms with E-state index in [2.05, 4.69) is 5.32 Å². The number of amides is 2. The van der Waals surface area contributed by atoms with Crippen molar-refractivity contribution >= 4 is 17.5 Å². The molecule has 0 saturated carbocycles. The molecule has 1 heterocycles. The lowest BCUT2D eigenvalue weighted by Gasteiger charge is -2.32. The molecule has 1 aliphatic heterocycles. The smallest absolute Gasteiger partial charge is 0.229 e. The summed E-state index contributed by atoms with van der Waals surface area (Å²) in [6.45, 7) is 1.47. The van der Waals surface area contributed by atoms with Crippen LogP contribution in [0.25, 0.3) is 0 Å². The van der Waals surface area contributed by atoms with Crippen molar-refractivity contribution < 1.29 is 19.1 Å². The number of carbonyl (C=O) groups is 2. The number of nitrogens with zero attached hydrogens (tertiary/aromatic N) is 1. The Kier molecular flexibility index (Phi) is 6.89. The average molecular weight is 382 g/mol. The molecule has 1 N–H and O–H groups in total. The fraction of sp³-hybridized carbons (Fsp3) is 0.364. The van der Waals surface area contributed by atoms with Gasteiger partial charge in [-0.2, -0.15) is 0 Å². The highest BCUT2D eigenvalue weighted by atomic mass is 16.5. The highest BCUT2D eigenvalue weighted by Crippen LogP contribution is 2.21. The van der Waals surface area contributed by atoms with Gasteiger partial charge in [0.05, 0.1) is 26.1 Å². The van der Waals surface area contributed by atoms with Crippen molar-refractivity contribution in [3.05, 3.63) is 54.6 Å². The standard InChI is InChI=1S/C22H26N2O4/c1-27-20-11-5-8-18(15-20)23-22(26)17-7-6-13-24(16-17)21(25)12-14-28-19-9-3-2-4-10-19/h2-5,8-11,15,17H,6-7,12-14,16H2,1H3,(H,23,26). The van der Waals surface area contributed by atoms with E-state index in [0.29, 0.717) is 37.6 Å². The lowest BCUT2D eigenvalue weighted by atomic mass is 9.96. The van der Waals surface area contributed by atoms with Crippen LogP contribution in [0.3, 0.4) is 0 Å². The number of methoxy groups -OCH3 is 1. The van der Waals surface area contributed by atoms with Crippen LogP contribution in [0.1, 0.15) is 19.3 Å². The number of carbonyl (C=O) groups excluding carboxylic acids is 2. The number of anilines is 1. The Balaban J connectivity index is 1.48. The van der Waals surface area contributed by atoms with E-state index in [-0.39, 0.29) is 17.7 Å². The summed E-state index contributed by atoms with van der Waals surface area (Å²) in [6, 6.07) is 16.7. The van der Waals surface area contributed by atoms with Gasteiger partial charge in [-0.25, -0.2) is 0 Å². The highest BCUT2D eigenvalue weighted by molar-refractivity contribution is 5.93. The van der Waals surface area contributed by atoms with Crippen LogP contribution >= 0.6 is 0 Å². The van der Waals surface area contributed by atoms with E-state index >= 15 is 0 Å². The minimum Gasteiger partial charge on any atom is -0.497 e. The Labute approximate surface area is 165 Å². The van der Waals surface area contributed by atoms with Crippen LogP contribution in [-0.4, -0.2) is 43.5 Å². The largest absolute Gasteiger partial charge is 0.497 e. The summed E-state index contributed by atoms with van der Waals surface area (Å²) in [4.78, 5) is 26.9. The molecule has 2 aromatic rings. The van der Waals surface area contributed by atoms with Gasteiger partial charge >= 0.3 is 0 Å². The molecule has 6 heteroatoms. The lowest BCUT2D eigenvalue weighted by Crippen LogP contribution is -2.44. The fourth-order valence-electron chi connectivity index (χ4n) is 3.29. The van der Waals surface area contributed by atoms with Gasteiger partial charge in [-0.05, 0) is 37.1 Å². The van der Waals surface area contributed by atoms with Gasteiger partial charge in [0.2, 0.25) is 11.8 Å². The van der Waals surface area contributed by atoms with Gasteiger partial charge < -0.3 is 19.7 Å². The average Bonchev–Trinajstić information content (AvgIpc) is 2.74. The van der Waals surface area contributed by atoms with Gasteiger partial charge in [-0.3, -0.25) is 9.59 Å². The molecule has 0 spiro atoms. The molecule has 1 unspecified atom stereocenters. The van der Waals surface area contributed by atoms with Crippen LogP contribution < -0.4 is 14.8 Å². The van der Waals surface area contributed by atoms with Crippen molar-refractivity contribution in [2.24, 2.45) is 5.92 Å². The normalized spacial score (nSPS) is 16.3. The Morgan fingerprint density at radius 3 is 2.68 bits per heavy atom. The zero-order valence-electron chi connectivity index (χ0n) is 16.1. The number of hydrogen-bond donors (Lipinski definition) is 1. The molecule has 1 saturated heterocycles. The van der Waals surface area contributed by atoms with Gasteiger partial charge in [-0.15, -0.1) is 0 Å². The summed E-state index contributed by atoms with van der Waals surface area (Å²) in [5.74, 6) is 1.20. The Bertz CT molecular complexity index is 794. The number of rotatable bonds is 7. The fourth-order valence-corrected chi connectivity index (χ4v) is 3.29. The first-order valence-corrected chi connectivity index (χ1v) is 9.56. The zero-order valence-corrected chi connectivity index (χ0v) is 16.1. The second kappa shape index (κ2) is 9.78. The van der Waals surface area contributed by atoms with E-state index in [0.717, 1.165) is 18.6 Å². The van der Waals surface area contributed by atoms with Crippen molar-refractivity contribution in [3.8, 4) is 11.5 Å². The Morgan fingerprint density at radius 1 is 1.11 bits per heavy atom. The monoisotopic (exact) mass is 382 g/mol. The number of piperidine rings is 1. The molecule has 0 bridgehead atoms. The SMILES string of the molecule is COc1cccc(NC(=O)C2CCCN(C(=O)CCOc3ccccc3)C2)c1. The summed E-state index contributed by atoms with van der Waals surface area (Å²) < 4.78 is 10.8. The molecule has 2 aromatic carbocycles. The molecule has 0 radical (unpaired) electrons. The zero-order chi connectivity index (χ0) is 19.8. The van der Waals surface area contributed by atoms with Crippen LogP contribution in [0, 0.1) is 5.92 Å². The first-order chi connectivity index (χ1) is 13.7. The Hall–Kier alpha value is -3.02. The molecule has 0 aromatic heterocycles.